The number of amides is 2. The number of nitrogens with one attached hydrogen (secondary N) is 2. The SMILES string of the molecule is CC(C)C(NC(=O)c1ccccc1Cl)C(=O)NCCc1ccccc1. The predicted octanol–water partition coefficient (Wildman–Crippen LogP) is 3.45. The fraction of sp³-hybridized carbons (Fsp3) is 0.300. The van der Waals surface area contributed by atoms with E-state index in [-0.39, 0.29) is 17.7 Å². The summed E-state index contributed by atoms with van der Waals surface area (Å²) in [6.45, 7) is 4.32. The largest absolute Gasteiger partial charge is 0.354 e. The molecule has 0 heterocycles. The highest BCUT2D eigenvalue weighted by Gasteiger charge is 2.25. The van der Waals surface area contributed by atoms with Gasteiger partial charge in [0.2, 0.25) is 5.91 Å². The summed E-state index contributed by atoms with van der Waals surface area (Å²) in [4.78, 5) is 24.9. The van der Waals surface area contributed by atoms with Crippen molar-refractivity contribution in [2.45, 2.75) is 26.3 Å². The number of benzene rings is 2. The summed E-state index contributed by atoms with van der Waals surface area (Å²) in [5.74, 6) is -0.572. The van der Waals surface area contributed by atoms with Crippen LogP contribution < -0.4 is 10.6 Å². The normalized spacial score (nSPS) is 11.8. The molecule has 0 saturated carbocycles. The third kappa shape index (κ3) is 5.61. The van der Waals surface area contributed by atoms with Gasteiger partial charge in [0.25, 0.3) is 5.91 Å². The smallest absolute Gasteiger partial charge is 0.253 e. The summed E-state index contributed by atoms with van der Waals surface area (Å²) in [5, 5.41) is 6.05. The summed E-state index contributed by atoms with van der Waals surface area (Å²) < 4.78 is 0. The second-order valence-corrected chi connectivity index (χ2v) is 6.61. The fourth-order valence-corrected chi connectivity index (χ4v) is 2.71. The standard InChI is InChI=1S/C20H23ClN2O2/c1-14(2)18(23-19(24)16-10-6-7-11-17(16)21)20(25)22-13-12-15-8-4-3-5-9-15/h3-11,14,18H,12-13H2,1-2H3,(H,22,25)(H,23,24). The van der Waals surface area contributed by atoms with Crippen molar-refractivity contribution >= 4 is 23.4 Å². The Bertz CT molecular complexity index is 717. The number of hydrogen-bond acceptors (Lipinski definition) is 2. The molecule has 2 aromatic rings. The van der Waals surface area contributed by atoms with E-state index in [9.17, 15) is 9.59 Å². The zero-order valence-corrected chi connectivity index (χ0v) is 15.2. The van der Waals surface area contributed by atoms with Crippen molar-refractivity contribution in [3.8, 4) is 0 Å². The topological polar surface area (TPSA) is 58.2 Å². The van der Waals surface area contributed by atoms with Crippen LogP contribution in [-0.2, 0) is 11.2 Å². The molecule has 1 atom stereocenters. The zero-order valence-electron chi connectivity index (χ0n) is 14.5. The van der Waals surface area contributed by atoms with Crippen LogP contribution in [0.5, 0.6) is 0 Å². The first-order valence-corrected chi connectivity index (χ1v) is 8.74. The van der Waals surface area contributed by atoms with Gasteiger partial charge < -0.3 is 10.6 Å². The lowest BCUT2D eigenvalue weighted by atomic mass is 10.0. The van der Waals surface area contributed by atoms with Crippen LogP contribution in [-0.4, -0.2) is 24.4 Å². The molecule has 4 nitrogen and oxygen atoms in total. The van der Waals surface area contributed by atoms with Gasteiger partial charge in [0.05, 0.1) is 10.6 Å². The second kappa shape index (κ2) is 9.23. The molecule has 0 aliphatic carbocycles. The Balaban J connectivity index is 1.94. The molecule has 0 saturated heterocycles. The molecule has 0 fully saturated rings. The van der Waals surface area contributed by atoms with E-state index in [1.165, 1.54) is 0 Å². The predicted molar refractivity (Wildman–Crippen MR) is 101 cm³/mol. The Hall–Kier alpha value is -2.33. The molecule has 2 N–H and O–H groups in total. The van der Waals surface area contributed by atoms with Crippen molar-refractivity contribution in [3.63, 3.8) is 0 Å². The fourth-order valence-electron chi connectivity index (χ4n) is 2.48. The monoisotopic (exact) mass is 358 g/mol. The molecule has 2 rings (SSSR count). The first kappa shape index (κ1) is 19.0. The summed E-state index contributed by atoms with van der Waals surface area (Å²) in [7, 11) is 0. The first-order chi connectivity index (χ1) is 12.0. The average molecular weight is 359 g/mol. The van der Waals surface area contributed by atoms with Crippen molar-refractivity contribution in [2.24, 2.45) is 5.92 Å². The molecular weight excluding hydrogens is 336 g/mol. The van der Waals surface area contributed by atoms with E-state index in [1.807, 2.05) is 44.2 Å². The van der Waals surface area contributed by atoms with E-state index in [0.29, 0.717) is 17.1 Å². The van der Waals surface area contributed by atoms with E-state index >= 15 is 0 Å². The lowest BCUT2D eigenvalue weighted by Crippen LogP contribution is -2.50. The third-order valence-corrected chi connectivity index (χ3v) is 4.24. The van der Waals surface area contributed by atoms with Gasteiger partial charge in [-0.05, 0) is 30.0 Å². The van der Waals surface area contributed by atoms with Crippen LogP contribution >= 0.6 is 11.6 Å². The summed E-state index contributed by atoms with van der Waals surface area (Å²) in [6, 6.07) is 16.1. The Kier molecular flexibility index (Phi) is 7.02. The van der Waals surface area contributed by atoms with Crippen molar-refractivity contribution in [3.05, 3.63) is 70.7 Å². The van der Waals surface area contributed by atoms with Gasteiger partial charge in [-0.25, -0.2) is 0 Å². The Morgan fingerprint density at radius 3 is 2.28 bits per heavy atom. The second-order valence-electron chi connectivity index (χ2n) is 6.20. The van der Waals surface area contributed by atoms with Gasteiger partial charge in [-0.3, -0.25) is 9.59 Å². The van der Waals surface area contributed by atoms with Gasteiger partial charge in [0.1, 0.15) is 6.04 Å². The van der Waals surface area contributed by atoms with Crippen LogP contribution in [0, 0.1) is 5.92 Å². The highest BCUT2D eigenvalue weighted by Crippen LogP contribution is 2.15. The minimum Gasteiger partial charge on any atom is -0.354 e. The molecule has 0 spiro atoms. The summed E-state index contributed by atoms with van der Waals surface area (Å²) >= 11 is 6.05. The first-order valence-electron chi connectivity index (χ1n) is 8.36. The number of carbonyl (C=O) groups is 2. The molecule has 132 valence electrons. The molecule has 1 unspecified atom stereocenters. The molecule has 2 aromatic carbocycles. The van der Waals surface area contributed by atoms with Gasteiger partial charge in [-0.2, -0.15) is 0 Å². The molecule has 0 bridgehead atoms. The molecule has 25 heavy (non-hydrogen) atoms. The number of carbonyl (C=O) groups excluding carboxylic acids is 2. The Morgan fingerprint density at radius 2 is 1.64 bits per heavy atom. The van der Waals surface area contributed by atoms with Crippen LogP contribution in [0.2, 0.25) is 5.02 Å². The van der Waals surface area contributed by atoms with Crippen LogP contribution in [0.3, 0.4) is 0 Å². The number of rotatable bonds is 7. The maximum Gasteiger partial charge on any atom is 0.253 e. The summed E-state index contributed by atoms with van der Waals surface area (Å²) in [5.41, 5.74) is 1.52. The zero-order chi connectivity index (χ0) is 18.2. The van der Waals surface area contributed by atoms with Crippen LogP contribution in [0.4, 0.5) is 0 Å². The van der Waals surface area contributed by atoms with E-state index in [1.54, 1.807) is 24.3 Å². The molecule has 0 aliphatic rings. The summed E-state index contributed by atoms with van der Waals surface area (Å²) in [6.07, 6.45) is 0.746. The minimum atomic E-state index is -0.612. The van der Waals surface area contributed by atoms with Gasteiger partial charge in [-0.15, -0.1) is 0 Å². The quantitative estimate of drug-likeness (QED) is 0.796. The van der Waals surface area contributed by atoms with Gasteiger partial charge in [-0.1, -0.05) is 67.9 Å². The van der Waals surface area contributed by atoms with Crippen molar-refractivity contribution in [1.29, 1.82) is 0 Å². The Morgan fingerprint density at radius 1 is 1.00 bits per heavy atom. The maximum absolute atomic E-state index is 12.5. The van der Waals surface area contributed by atoms with E-state index in [0.717, 1.165) is 12.0 Å². The molecule has 2 amide bonds. The average Bonchev–Trinajstić information content (AvgIpc) is 2.60. The third-order valence-electron chi connectivity index (χ3n) is 3.91. The Labute approximate surface area is 153 Å². The number of halogens is 1. The minimum absolute atomic E-state index is 0.0387. The van der Waals surface area contributed by atoms with E-state index in [4.69, 9.17) is 11.6 Å². The van der Waals surface area contributed by atoms with E-state index < -0.39 is 6.04 Å². The van der Waals surface area contributed by atoms with E-state index in [2.05, 4.69) is 10.6 Å². The lowest BCUT2D eigenvalue weighted by Gasteiger charge is -2.22. The molecule has 0 aliphatic heterocycles. The van der Waals surface area contributed by atoms with Crippen molar-refractivity contribution in [1.82, 2.24) is 10.6 Å². The highest BCUT2D eigenvalue weighted by molar-refractivity contribution is 6.33. The maximum atomic E-state index is 12.5. The van der Waals surface area contributed by atoms with Gasteiger partial charge >= 0.3 is 0 Å². The van der Waals surface area contributed by atoms with Crippen molar-refractivity contribution in [2.75, 3.05) is 6.54 Å². The lowest BCUT2D eigenvalue weighted by molar-refractivity contribution is -0.123. The van der Waals surface area contributed by atoms with Crippen LogP contribution in [0.25, 0.3) is 0 Å². The number of hydrogen-bond donors (Lipinski definition) is 2. The van der Waals surface area contributed by atoms with Gasteiger partial charge in [0.15, 0.2) is 0 Å². The molecule has 0 aromatic heterocycles. The highest BCUT2D eigenvalue weighted by atomic mass is 35.5. The molecular formula is C20H23ClN2O2. The van der Waals surface area contributed by atoms with Crippen LogP contribution in [0.15, 0.2) is 54.6 Å². The van der Waals surface area contributed by atoms with Gasteiger partial charge in [0, 0.05) is 6.54 Å². The molecule has 5 heteroatoms. The molecule has 0 radical (unpaired) electrons. The van der Waals surface area contributed by atoms with Crippen molar-refractivity contribution < 1.29 is 9.59 Å². The van der Waals surface area contributed by atoms with Crippen LogP contribution in [0.1, 0.15) is 29.8 Å².